The highest BCUT2D eigenvalue weighted by atomic mass is 16.6. The van der Waals surface area contributed by atoms with Crippen molar-refractivity contribution in [3.63, 3.8) is 0 Å². The Hall–Kier alpha value is -2.62. The third-order valence-electron chi connectivity index (χ3n) is 7.38. The molecule has 2 heterocycles. The second-order valence-corrected chi connectivity index (χ2v) is 11.5. The summed E-state index contributed by atoms with van der Waals surface area (Å²) in [6, 6.07) is -1.89. The number of amides is 3. The van der Waals surface area contributed by atoms with E-state index in [4.69, 9.17) is 9.47 Å². The number of carbonyl (C=O) groups excluding carboxylic acids is 4. The van der Waals surface area contributed by atoms with Crippen molar-refractivity contribution in [2.75, 3.05) is 13.2 Å². The van der Waals surface area contributed by atoms with E-state index in [-0.39, 0.29) is 25.5 Å². The molecule has 3 N–H and O–H groups in total. The zero-order valence-corrected chi connectivity index (χ0v) is 22.8. The van der Waals surface area contributed by atoms with Crippen LogP contribution in [0.2, 0.25) is 0 Å². The SMILES string of the molecule is CCOC(=O)[C@@]12CC1/C=C\CCCCC[C@H](NC(=O)OC(C)(C)C)C(=O)N1C[C@@](O)(CC)C[C@H]1C(=O)N2. The number of fused-ring (bicyclic) bond motifs is 2. The maximum Gasteiger partial charge on any atom is 0.408 e. The lowest BCUT2D eigenvalue weighted by Crippen LogP contribution is -2.56. The first-order valence-corrected chi connectivity index (χ1v) is 13.5. The Labute approximate surface area is 219 Å². The van der Waals surface area contributed by atoms with E-state index in [9.17, 15) is 24.3 Å². The minimum absolute atomic E-state index is 0.0390. The van der Waals surface area contributed by atoms with Gasteiger partial charge in [0.1, 0.15) is 23.2 Å². The smallest absolute Gasteiger partial charge is 0.408 e. The summed E-state index contributed by atoms with van der Waals surface area (Å²) in [6.07, 6.45) is 7.70. The quantitative estimate of drug-likeness (QED) is 0.382. The molecule has 0 radical (unpaired) electrons. The van der Waals surface area contributed by atoms with Crippen LogP contribution in [0, 0.1) is 5.92 Å². The summed E-state index contributed by atoms with van der Waals surface area (Å²) in [5.74, 6) is -1.63. The number of allylic oxidation sites excluding steroid dienone is 1. The Morgan fingerprint density at radius 3 is 2.57 bits per heavy atom. The van der Waals surface area contributed by atoms with Gasteiger partial charge in [-0.05, 0) is 59.8 Å². The van der Waals surface area contributed by atoms with E-state index in [1.165, 1.54) is 4.90 Å². The topological polar surface area (TPSA) is 134 Å². The summed E-state index contributed by atoms with van der Waals surface area (Å²) in [4.78, 5) is 54.2. The fourth-order valence-corrected chi connectivity index (χ4v) is 5.15. The minimum Gasteiger partial charge on any atom is -0.464 e. The van der Waals surface area contributed by atoms with E-state index in [0.29, 0.717) is 25.7 Å². The summed E-state index contributed by atoms with van der Waals surface area (Å²) < 4.78 is 10.7. The second-order valence-electron chi connectivity index (χ2n) is 11.5. The molecule has 2 aliphatic heterocycles. The van der Waals surface area contributed by atoms with Crippen molar-refractivity contribution in [3.8, 4) is 0 Å². The molecule has 0 aromatic rings. The number of nitrogens with zero attached hydrogens (tertiary/aromatic N) is 1. The predicted molar refractivity (Wildman–Crippen MR) is 136 cm³/mol. The Balaban J connectivity index is 1.91. The first-order valence-electron chi connectivity index (χ1n) is 13.5. The number of nitrogens with one attached hydrogen (secondary N) is 2. The third-order valence-corrected chi connectivity index (χ3v) is 7.38. The van der Waals surface area contributed by atoms with Crippen molar-refractivity contribution in [1.29, 1.82) is 0 Å². The number of carbonyl (C=O) groups is 4. The van der Waals surface area contributed by atoms with Gasteiger partial charge in [0.2, 0.25) is 11.8 Å². The van der Waals surface area contributed by atoms with Gasteiger partial charge in [-0.2, -0.15) is 0 Å². The normalized spacial score (nSPS) is 33.7. The average molecular weight is 522 g/mol. The van der Waals surface area contributed by atoms with Crippen molar-refractivity contribution in [2.45, 2.75) is 115 Å². The molecule has 1 unspecified atom stereocenters. The second kappa shape index (κ2) is 11.4. The highest BCUT2D eigenvalue weighted by Gasteiger charge is 2.62. The molecule has 1 saturated heterocycles. The fraction of sp³-hybridized carbons (Fsp3) is 0.778. The first-order chi connectivity index (χ1) is 17.3. The summed E-state index contributed by atoms with van der Waals surface area (Å²) in [5.41, 5.74) is -3.15. The first kappa shape index (κ1) is 28.9. The van der Waals surface area contributed by atoms with Gasteiger partial charge in [-0.3, -0.25) is 9.59 Å². The molecule has 1 aliphatic carbocycles. The number of aliphatic hydroxyl groups is 1. The molecule has 0 aromatic heterocycles. The summed E-state index contributed by atoms with van der Waals surface area (Å²) >= 11 is 0. The Bertz CT molecular complexity index is 914. The van der Waals surface area contributed by atoms with Gasteiger partial charge in [-0.25, -0.2) is 9.59 Å². The largest absolute Gasteiger partial charge is 0.464 e. The number of hydrogen-bond donors (Lipinski definition) is 3. The average Bonchev–Trinajstić information content (AvgIpc) is 3.38. The zero-order chi connectivity index (χ0) is 27.4. The molecule has 2 fully saturated rings. The van der Waals surface area contributed by atoms with Crippen LogP contribution >= 0.6 is 0 Å². The number of ether oxygens (including phenoxy) is 2. The Kier molecular flexibility index (Phi) is 8.93. The number of hydrogen-bond acceptors (Lipinski definition) is 7. The van der Waals surface area contributed by atoms with E-state index in [1.54, 1.807) is 34.6 Å². The molecule has 1 saturated carbocycles. The lowest BCUT2D eigenvalue weighted by Gasteiger charge is -2.30. The number of rotatable bonds is 4. The molecule has 3 amide bonds. The van der Waals surface area contributed by atoms with Gasteiger partial charge >= 0.3 is 12.1 Å². The molecule has 10 heteroatoms. The van der Waals surface area contributed by atoms with Gasteiger partial charge in [-0.1, -0.05) is 31.9 Å². The molecule has 10 nitrogen and oxygen atoms in total. The van der Waals surface area contributed by atoms with Crippen molar-refractivity contribution in [3.05, 3.63) is 12.2 Å². The molecule has 0 spiro atoms. The minimum atomic E-state index is -1.25. The van der Waals surface area contributed by atoms with Crippen LogP contribution in [-0.4, -0.2) is 75.9 Å². The van der Waals surface area contributed by atoms with Crippen LogP contribution in [-0.2, 0) is 23.9 Å². The molecule has 208 valence electrons. The van der Waals surface area contributed by atoms with Gasteiger partial charge in [0, 0.05) is 12.3 Å². The fourth-order valence-electron chi connectivity index (χ4n) is 5.15. The predicted octanol–water partition coefficient (Wildman–Crippen LogP) is 2.58. The molecular weight excluding hydrogens is 478 g/mol. The van der Waals surface area contributed by atoms with Crippen molar-refractivity contribution in [2.24, 2.45) is 5.92 Å². The highest BCUT2D eigenvalue weighted by Crippen LogP contribution is 2.46. The summed E-state index contributed by atoms with van der Waals surface area (Å²) in [6.45, 7) is 8.89. The molecule has 3 rings (SSSR count). The van der Waals surface area contributed by atoms with E-state index in [1.807, 2.05) is 12.2 Å². The third kappa shape index (κ3) is 7.03. The summed E-state index contributed by atoms with van der Waals surface area (Å²) in [5, 5.41) is 16.7. The molecule has 3 aliphatic rings. The zero-order valence-electron chi connectivity index (χ0n) is 22.8. The number of alkyl carbamates (subject to hydrolysis) is 1. The molecular formula is C27H43N3O7. The van der Waals surface area contributed by atoms with Crippen LogP contribution in [0.1, 0.15) is 86.0 Å². The van der Waals surface area contributed by atoms with Gasteiger partial charge in [0.05, 0.1) is 18.8 Å². The lowest BCUT2D eigenvalue weighted by molar-refractivity contribution is -0.150. The Morgan fingerprint density at radius 1 is 1.19 bits per heavy atom. The van der Waals surface area contributed by atoms with Gasteiger partial charge < -0.3 is 30.1 Å². The maximum absolute atomic E-state index is 13.8. The van der Waals surface area contributed by atoms with E-state index in [0.717, 1.165) is 19.3 Å². The van der Waals surface area contributed by atoms with E-state index >= 15 is 0 Å². The molecule has 37 heavy (non-hydrogen) atoms. The van der Waals surface area contributed by atoms with E-state index < -0.39 is 52.7 Å². The van der Waals surface area contributed by atoms with E-state index in [2.05, 4.69) is 10.6 Å². The molecule has 0 aromatic carbocycles. The Morgan fingerprint density at radius 2 is 1.92 bits per heavy atom. The summed E-state index contributed by atoms with van der Waals surface area (Å²) in [7, 11) is 0. The monoisotopic (exact) mass is 521 g/mol. The maximum atomic E-state index is 13.8. The van der Waals surface area contributed by atoms with Gasteiger partial charge in [0.15, 0.2) is 0 Å². The van der Waals surface area contributed by atoms with Crippen molar-refractivity contribution < 1.29 is 33.8 Å². The van der Waals surface area contributed by atoms with Crippen LogP contribution in [0.4, 0.5) is 4.79 Å². The van der Waals surface area contributed by atoms with Crippen LogP contribution in [0.25, 0.3) is 0 Å². The van der Waals surface area contributed by atoms with Crippen LogP contribution in [0.3, 0.4) is 0 Å². The van der Waals surface area contributed by atoms with Crippen molar-refractivity contribution >= 4 is 23.9 Å². The highest BCUT2D eigenvalue weighted by molar-refractivity contribution is 5.96. The number of esters is 1. The molecule has 5 atom stereocenters. The van der Waals surface area contributed by atoms with Gasteiger partial charge in [0.25, 0.3) is 0 Å². The standard InChI is InChI=1S/C27H43N3O7/c1-6-26(35)16-20-21(31)29-27(23(33)36-7-2)15-18(27)13-11-9-8-10-12-14-19(22(32)30(20)17-26)28-24(34)37-25(3,4)5/h11,13,18-20,35H,6-10,12,14-17H2,1-5H3,(H,28,34)(H,29,31)/b13-11-/t18?,19-,20-,26+,27+/m0/s1. The van der Waals surface area contributed by atoms with Crippen molar-refractivity contribution in [1.82, 2.24) is 15.5 Å². The van der Waals surface area contributed by atoms with Crippen LogP contribution in [0.15, 0.2) is 12.2 Å². The van der Waals surface area contributed by atoms with Crippen LogP contribution in [0.5, 0.6) is 0 Å². The van der Waals surface area contributed by atoms with Crippen LogP contribution < -0.4 is 10.6 Å². The lowest BCUT2D eigenvalue weighted by atomic mass is 9.97. The molecule has 0 bridgehead atoms. The van der Waals surface area contributed by atoms with Gasteiger partial charge in [-0.15, -0.1) is 0 Å².